The minimum atomic E-state index is -1.25. The number of rotatable bonds is 4. The minimum absolute atomic E-state index is 0.0126. The Labute approximate surface area is 108 Å². The van der Waals surface area contributed by atoms with Crippen LogP contribution in [0.5, 0.6) is 0 Å². The highest BCUT2D eigenvalue weighted by Gasteiger charge is 2.20. The Bertz CT molecular complexity index is 525. The molecule has 1 unspecified atom stereocenters. The third kappa shape index (κ3) is 3.47. The zero-order chi connectivity index (χ0) is 13.7. The van der Waals surface area contributed by atoms with E-state index in [9.17, 15) is 14.0 Å². The molecule has 1 rings (SSSR count). The molecule has 1 aromatic carbocycles. The van der Waals surface area contributed by atoms with Crippen molar-refractivity contribution in [2.75, 3.05) is 0 Å². The van der Waals surface area contributed by atoms with Crippen molar-refractivity contribution in [1.82, 2.24) is 5.32 Å². The summed E-state index contributed by atoms with van der Waals surface area (Å²) < 4.78 is 12.8. The van der Waals surface area contributed by atoms with Gasteiger partial charge in [0.25, 0.3) is 5.91 Å². The van der Waals surface area contributed by atoms with Crippen LogP contribution in [0.4, 0.5) is 4.39 Å². The standard InChI is InChI=1S/C12H9ClFNO3/c1-2-3-10(12(17)18)15-11(16)8-5-4-7(14)6-9(8)13/h1,4-6,10H,3H2,(H,15,16)(H,17,18). The lowest BCUT2D eigenvalue weighted by molar-refractivity contribution is -0.139. The molecule has 18 heavy (non-hydrogen) atoms. The van der Waals surface area contributed by atoms with Crippen molar-refractivity contribution in [3.63, 3.8) is 0 Å². The summed E-state index contributed by atoms with van der Waals surface area (Å²) in [7, 11) is 0. The van der Waals surface area contributed by atoms with Gasteiger partial charge in [0.15, 0.2) is 0 Å². The van der Waals surface area contributed by atoms with Crippen LogP contribution in [0.2, 0.25) is 5.02 Å². The molecule has 1 amide bonds. The number of halogens is 2. The molecule has 4 nitrogen and oxygen atoms in total. The maximum atomic E-state index is 12.8. The number of nitrogens with one attached hydrogen (secondary N) is 1. The first-order valence-corrected chi connectivity index (χ1v) is 5.25. The molecule has 1 atom stereocenters. The van der Waals surface area contributed by atoms with Crippen LogP contribution in [0.25, 0.3) is 0 Å². The Balaban J connectivity index is 2.87. The maximum absolute atomic E-state index is 12.8. The fourth-order valence-electron chi connectivity index (χ4n) is 1.23. The van der Waals surface area contributed by atoms with Crippen molar-refractivity contribution in [3.8, 4) is 12.3 Å². The number of amides is 1. The molecular weight excluding hydrogens is 261 g/mol. The van der Waals surface area contributed by atoms with Gasteiger partial charge < -0.3 is 10.4 Å². The highest BCUT2D eigenvalue weighted by atomic mass is 35.5. The summed E-state index contributed by atoms with van der Waals surface area (Å²) in [5.41, 5.74) is -0.0126. The van der Waals surface area contributed by atoms with Crippen LogP contribution in [0.3, 0.4) is 0 Å². The van der Waals surface area contributed by atoms with Crippen LogP contribution in [0.15, 0.2) is 18.2 Å². The van der Waals surface area contributed by atoms with Crippen LogP contribution in [-0.4, -0.2) is 23.0 Å². The van der Waals surface area contributed by atoms with Gasteiger partial charge in [-0.3, -0.25) is 4.79 Å². The van der Waals surface area contributed by atoms with Gasteiger partial charge in [0.05, 0.1) is 10.6 Å². The van der Waals surface area contributed by atoms with Gasteiger partial charge in [0, 0.05) is 6.42 Å². The van der Waals surface area contributed by atoms with Crippen molar-refractivity contribution < 1.29 is 19.1 Å². The molecule has 0 heterocycles. The smallest absolute Gasteiger partial charge is 0.327 e. The topological polar surface area (TPSA) is 66.4 Å². The molecule has 0 spiro atoms. The Morgan fingerprint density at radius 3 is 2.72 bits per heavy atom. The molecule has 0 fully saturated rings. The molecule has 1 aromatic rings. The van der Waals surface area contributed by atoms with E-state index in [0.717, 1.165) is 12.1 Å². The Kier molecular flexibility index (Phi) is 4.69. The minimum Gasteiger partial charge on any atom is -0.480 e. The number of carbonyl (C=O) groups is 2. The van der Waals surface area contributed by atoms with Crippen LogP contribution in [0.1, 0.15) is 16.8 Å². The first-order valence-electron chi connectivity index (χ1n) is 4.88. The van der Waals surface area contributed by atoms with Crippen molar-refractivity contribution >= 4 is 23.5 Å². The van der Waals surface area contributed by atoms with Crippen molar-refractivity contribution in [2.45, 2.75) is 12.5 Å². The molecule has 2 N–H and O–H groups in total. The van der Waals surface area contributed by atoms with Crippen LogP contribution < -0.4 is 5.32 Å². The monoisotopic (exact) mass is 269 g/mol. The average molecular weight is 270 g/mol. The highest BCUT2D eigenvalue weighted by Crippen LogP contribution is 2.17. The Hall–Kier alpha value is -2.06. The van der Waals surface area contributed by atoms with Crippen LogP contribution in [0, 0.1) is 18.2 Å². The largest absolute Gasteiger partial charge is 0.480 e. The maximum Gasteiger partial charge on any atom is 0.327 e. The number of carbonyl (C=O) groups excluding carboxylic acids is 1. The van der Waals surface area contributed by atoms with Gasteiger partial charge in [-0.25, -0.2) is 9.18 Å². The van der Waals surface area contributed by atoms with Crippen LogP contribution in [-0.2, 0) is 4.79 Å². The fourth-order valence-corrected chi connectivity index (χ4v) is 1.48. The second kappa shape index (κ2) is 6.03. The lowest BCUT2D eigenvalue weighted by Gasteiger charge is -2.12. The quantitative estimate of drug-likeness (QED) is 0.818. The van der Waals surface area contributed by atoms with E-state index in [4.69, 9.17) is 23.1 Å². The summed E-state index contributed by atoms with van der Waals surface area (Å²) in [6.07, 6.45) is 4.84. The molecule has 0 bridgehead atoms. The highest BCUT2D eigenvalue weighted by molar-refractivity contribution is 6.33. The molecule has 0 radical (unpaired) electrons. The molecule has 94 valence electrons. The molecule has 0 aliphatic heterocycles. The number of hydrogen-bond acceptors (Lipinski definition) is 2. The van der Waals surface area contributed by atoms with Crippen molar-refractivity contribution in [1.29, 1.82) is 0 Å². The SMILES string of the molecule is C#CCC(NC(=O)c1ccc(F)cc1Cl)C(=O)O. The van der Waals surface area contributed by atoms with Gasteiger partial charge in [-0.2, -0.15) is 0 Å². The van der Waals surface area contributed by atoms with Crippen molar-refractivity contribution in [2.24, 2.45) is 0 Å². The predicted octanol–water partition coefficient (Wildman–Crippen LogP) is 1.69. The Morgan fingerprint density at radius 1 is 1.56 bits per heavy atom. The van der Waals surface area contributed by atoms with E-state index in [-0.39, 0.29) is 17.0 Å². The van der Waals surface area contributed by atoms with E-state index < -0.39 is 23.7 Å². The Morgan fingerprint density at radius 2 is 2.22 bits per heavy atom. The van der Waals surface area contributed by atoms with E-state index in [0.29, 0.717) is 0 Å². The summed E-state index contributed by atoms with van der Waals surface area (Å²) in [6, 6.07) is 1.98. The lowest BCUT2D eigenvalue weighted by Crippen LogP contribution is -2.40. The second-order valence-corrected chi connectivity index (χ2v) is 3.80. The van der Waals surface area contributed by atoms with E-state index in [1.54, 1.807) is 0 Å². The summed E-state index contributed by atoms with van der Waals surface area (Å²) in [4.78, 5) is 22.5. The number of benzene rings is 1. The molecule has 0 saturated heterocycles. The molecule has 0 aliphatic carbocycles. The van der Waals surface area contributed by atoms with Crippen LogP contribution >= 0.6 is 11.6 Å². The first-order chi connectivity index (χ1) is 8.45. The molecule has 0 aliphatic rings. The third-order valence-electron chi connectivity index (χ3n) is 2.10. The van der Waals surface area contributed by atoms with Gasteiger partial charge >= 0.3 is 5.97 Å². The van der Waals surface area contributed by atoms with Gasteiger partial charge in [0.2, 0.25) is 0 Å². The fraction of sp³-hybridized carbons (Fsp3) is 0.167. The molecule has 0 saturated carbocycles. The predicted molar refractivity (Wildman–Crippen MR) is 63.8 cm³/mol. The normalized spacial score (nSPS) is 11.4. The molecule has 0 aromatic heterocycles. The summed E-state index contributed by atoms with van der Waals surface area (Å²) in [6.45, 7) is 0. The number of terminal acetylenes is 1. The second-order valence-electron chi connectivity index (χ2n) is 3.40. The van der Waals surface area contributed by atoms with E-state index in [2.05, 4.69) is 11.2 Å². The van der Waals surface area contributed by atoms with E-state index in [1.165, 1.54) is 6.07 Å². The van der Waals surface area contributed by atoms with Crippen molar-refractivity contribution in [3.05, 3.63) is 34.6 Å². The number of carboxylic acid groups (broad SMARTS) is 1. The first kappa shape index (κ1) is 14.0. The van der Waals surface area contributed by atoms with Gasteiger partial charge in [-0.1, -0.05) is 11.6 Å². The zero-order valence-electron chi connectivity index (χ0n) is 9.11. The van der Waals surface area contributed by atoms with Gasteiger partial charge in [0.1, 0.15) is 11.9 Å². The average Bonchev–Trinajstić information content (AvgIpc) is 2.27. The summed E-state index contributed by atoms with van der Waals surface area (Å²) >= 11 is 5.68. The number of carboxylic acids is 1. The summed E-state index contributed by atoms with van der Waals surface area (Å²) in [5, 5.41) is 10.9. The number of hydrogen-bond donors (Lipinski definition) is 2. The zero-order valence-corrected chi connectivity index (χ0v) is 9.87. The third-order valence-corrected chi connectivity index (χ3v) is 2.41. The lowest BCUT2D eigenvalue weighted by atomic mass is 10.1. The van der Waals surface area contributed by atoms with Gasteiger partial charge in [-0.05, 0) is 18.2 Å². The van der Waals surface area contributed by atoms with Gasteiger partial charge in [-0.15, -0.1) is 12.3 Å². The van der Waals surface area contributed by atoms with E-state index in [1.807, 2.05) is 0 Å². The molecular formula is C12H9ClFNO3. The number of aliphatic carboxylic acids is 1. The van der Waals surface area contributed by atoms with E-state index >= 15 is 0 Å². The molecule has 6 heteroatoms. The summed E-state index contributed by atoms with van der Waals surface area (Å²) in [5.74, 6) is -0.417.